The van der Waals surface area contributed by atoms with E-state index in [0.29, 0.717) is 6.54 Å². The predicted molar refractivity (Wildman–Crippen MR) is 72.8 cm³/mol. The van der Waals surface area contributed by atoms with E-state index >= 15 is 0 Å². The molecule has 0 amide bonds. The smallest absolute Gasteiger partial charge is 0.118 e. The summed E-state index contributed by atoms with van der Waals surface area (Å²) in [6.45, 7) is 4.84. The number of ether oxygens (including phenoxy) is 1. The van der Waals surface area contributed by atoms with Gasteiger partial charge in [-0.3, -0.25) is 4.90 Å². The van der Waals surface area contributed by atoms with E-state index in [1.807, 2.05) is 24.3 Å². The van der Waals surface area contributed by atoms with Gasteiger partial charge in [0.2, 0.25) is 0 Å². The van der Waals surface area contributed by atoms with Crippen LogP contribution >= 0.6 is 0 Å². The molecule has 0 saturated carbocycles. The number of aliphatic hydroxyl groups excluding tert-OH is 1. The number of benzene rings is 1. The first kappa shape index (κ1) is 13.1. The molecule has 0 fully saturated rings. The Balaban J connectivity index is 1.92. The SMILES string of the molecule is COc1ccc(C(O)CN2CC=C(C)CC2)cc1. The first-order valence-corrected chi connectivity index (χ1v) is 6.39. The third-order valence-electron chi connectivity index (χ3n) is 3.45. The van der Waals surface area contributed by atoms with Crippen LogP contribution in [0.25, 0.3) is 0 Å². The lowest BCUT2D eigenvalue weighted by Crippen LogP contribution is -2.32. The van der Waals surface area contributed by atoms with Crippen LogP contribution in [-0.2, 0) is 0 Å². The van der Waals surface area contributed by atoms with Gasteiger partial charge in [0.1, 0.15) is 5.75 Å². The van der Waals surface area contributed by atoms with E-state index in [9.17, 15) is 5.11 Å². The molecule has 0 aliphatic carbocycles. The number of rotatable bonds is 4. The Kier molecular flexibility index (Phi) is 4.39. The molecule has 0 spiro atoms. The Labute approximate surface area is 109 Å². The van der Waals surface area contributed by atoms with Crippen LogP contribution in [0.1, 0.15) is 25.0 Å². The highest BCUT2D eigenvalue weighted by atomic mass is 16.5. The van der Waals surface area contributed by atoms with Crippen molar-refractivity contribution in [3.63, 3.8) is 0 Å². The largest absolute Gasteiger partial charge is 0.497 e. The maximum atomic E-state index is 10.2. The fourth-order valence-electron chi connectivity index (χ4n) is 2.15. The van der Waals surface area contributed by atoms with Gasteiger partial charge in [-0.15, -0.1) is 0 Å². The van der Waals surface area contributed by atoms with Gasteiger partial charge in [0.05, 0.1) is 13.2 Å². The summed E-state index contributed by atoms with van der Waals surface area (Å²) in [5.41, 5.74) is 2.40. The van der Waals surface area contributed by atoms with Crippen molar-refractivity contribution in [2.24, 2.45) is 0 Å². The van der Waals surface area contributed by atoms with Crippen LogP contribution in [-0.4, -0.2) is 36.8 Å². The second-order valence-corrected chi connectivity index (χ2v) is 4.85. The van der Waals surface area contributed by atoms with Crippen molar-refractivity contribution >= 4 is 0 Å². The van der Waals surface area contributed by atoms with Gasteiger partial charge in [-0.2, -0.15) is 0 Å². The van der Waals surface area contributed by atoms with Crippen LogP contribution in [0, 0.1) is 0 Å². The van der Waals surface area contributed by atoms with Crippen LogP contribution in [0.3, 0.4) is 0 Å². The minimum absolute atomic E-state index is 0.428. The molecule has 0 bridgehead atoms. The van der Waals surface area contributed by atoms with Crippen molar-refractivity contribution in [3.05, 3.63) is 41.5 Å². The summed E-state index contributed by atoms with van der Waals surface area (Å²) in [5.74, 6) is 0.822. The molecule has 1 heterocycles. The van der Waals surface area contributed by atoms with E-state index in [2.05, 4.69) is 17.9 Å². The lowest BCUT2D eigenvalue weighted by molar-refractivity contribution is 0.117. The highest BCUT2D eigenvalue weighted by Crippen LogP contribution is 2.20. The van der Waals surface area contributed by atoms with Gasteiger partial charge >= 0.3 is 0 Å². The number of hydrogen-bond acceptors (Lipinski definition) is 3. The van der Waals surface area contributed by atoms with Crippen LogP contribution in [0.5, 0.6) is 5.75 Å². The van der Waals surface area contributed by atoms with Crippen LogP contribution in [0.4, 0.5) is 0 Å². The molecule has 1 N–H and O–H groups in total. The lowest BCUT2D eigenvalue weighted by Gasteiger charge is -2.27. The molecule has 98 valence electrons. The molecular weight excluding hydrogens is 226 g/mol. The summed E-state index contributed by atoms with van der Waals surface area (Å²) in [4.78, 5) is 2.28. The molecule has 1 aliphatic rings. The summed E-state index contributed by atoms with van der Waals surface area (Å²) < 4.78 is 5.11. The Morgan fingerprint density at radius 2 is 2.06 bits per heavy atom. The highest BCUT2D eigenvalue weighted by Gasteiger charge is 2.15. The van der Waals surface area contributed by atoms with Crippen molar-refractivity contribution in [3.8, 4) is 5.75 Å². The molecule has 0 aromatic heterocycles. The zero-order chi connectivity index (χ0) is 13.0. The number of aliphatic hydroxyl groups is 1. The number of methoxy groups -OCH3 is 1. The van der Waals surface area contributed by atoms with E-state index in [1.165, 1.54) is 5.57 Å². The van der Waals surface area contributed by atoms with Gasteiger partial charge in [-0.05, 0) is 31.0 Å². The first-order chi connectivity index (χ1) is 8.69. The average molecular weight is 247 g/mol. The third kappa shape index (κ3) is 3.34. The molecule has 2 rings (SSSR count). The topological polar surface area (TPSA) is 32.7 Å². The van der Waals surface area contributed by atoms with Gasteiger partial charge in [0, 0.05) is 19.6 Å². The quantitative estimate of drug-likeness (QED) is 0.829. The third-order valence-corrected chi connectivity index (χ3v) is 3.45. The second kappa shape index (κ2) is 6.03. The standard InChI is InChI=1S/C15H21NO2/c1-12-7-9-16(10-8-12)11-15(17)13-3-5-14(18-2)6-4-13/h3-7,15,17H,8-11H2,1-2H3. The van der Waals surface area contributed by atoms with Crippen LogP contribution in [0.2, 0.25) is 0 Å². The van der Waals surface area contributed by atoms with Crippen molar-refractivity contribution in [2.75, 3.05) is 26.7 Å². The maximum absolute atomic E-state index is 10.2. The normalized spacial score (nSPS) is 18.3. The molecule has 3 nitrogen and oxygen atoms in total. The Bertz CT molecular complexity index is 411. The summed E-state index contributed by atoms with van der Waals surface area (Å²) >= 11 is 0. The molecule has 1 atom stereocenters. The molecular formula is C15H21NO2. The second-order valence-electron chi connectivity index (χ2n) is 4.85. The molecule has 1 aromatic carbocycles. The van der Waals surface area contributed by atoms with Gasteiger partial charge in [0.15, 0.2) is 0 Å². The zero-order valence-electron chi connectivity index (χ0n) is 11.1. The monoisotopic (exact) mass is 247 g/mol. The number of hydrogen-bond donors (Lipinski definition) is 1. The first-order valence-electron chi connectivity index (χ1n) is 6.39. The van der Waals surface area contributed by atoms with Crippen molar-refractivity contribution < 1.29 is 9.84 Å². The Morgan fingerprint density at radius 3 is 2.61 bits per heavy atom. The van der Waals surface area contributed by atoms with Gasteiger partial charge in [-0.25, -0.2) is 0 Å². The summed E-state index contributed by atoms with van der Waals surface area (Å²) in [7, 11) is 1.65. The minimum Gasteiger partial charge on any atom is -0.497 e. The summed E-state index contributed by atoms with van der Waals surface area (Å²) in [6.07, 6.45) is 2.92. The fraction of sp³-hybridized carbons (Fsp3) is 0.467. The van der Waals surface area contributed by atoms with Gasteiger partial charge < -0.3 is 9.84 Å². The van der Waals surface area contributed by atoms with E-state index in [4.69, 9.17) is 4.74 Å². The maximum Gasteiger partial charge on any atom is 0.118 e. The van der Waals surface area contributed by atoms with Crippen molar-refractivity contribution in [2.45, 2.75) is 19.4 Å². The average Bonchev–Trinajstić information content (AvgIpc) is 2.41. The fourth-order valence-corrected chi connectivity index (χ4v) is 2.15. The lowest BCUT2D eigenvalue weighted by atomic mass is 10.1. The van der Waals surface area contributed by atoms with Gasteiger partial charge in [0.25, 0.3) is 0 Å². The molecule has 0 radical (unpaired) electrons. The molecule has 1 aliphatic heterocycles. The van der Waals surface area contributed by atoms with Gasteiger partial charge in [-0.1, -0.05) is 23.8 Å². The molecule has 3 heteroatoms. The molecule has 1 aromatic rings. The van der Waals surface area contributed by atoms with E-state index in [1.54, 1.807) is 7.11 Å². The number of β-amino-alcohol motifs (C(OH)–C–C–N with tert-alkyl or cyclic N) is 1. The van der Waals surface area contributed by atoms with Crippen molar-refractivity contribution in [1.82, 2.24) is 4.90 Å². The van der Waals surface area contributed by atoms with E-state index in [0.717, 1.165) is 30.8 Å². The minimum atomic E-state index is -0.428. The molecule has 1 unspecified atom stereocenters. The van der Waals surface area contributed by atoms with Crippen LogP contribution in [0.15, 0.2) is 35.9 Å². The van der Waals surface area contributed by atoms with E-state index < -0.39 is 6.10 Å². The van der Waals surface area contributed by atoms with Crippen molar-refractivity contribution in [1.29, 1.82) is 0 Å². The summed E-state index contributed by atoms with van der Waals surface area (Å²) in [6, 6.07) is 7.63. The van der Waals surface area contributed by atoms with E-state index in [-0.39, 0.29) is 0 Å². The Morgan fingerprint density at radius 1 is 1.33 bits per heavy atom. The highest BCUT2D eigenvalue weighted by molar-refractivity contribution is 5.28. The molecule has 18 heavy (non-hydrogen) atoms. The Hall–Kier alpha value is -1.32. The summed E-state index contributed by atoms with van der Waals surface area (Å²) in [5, 5.41) is 10.2. The zero-order valence-corrected chi connectivity index (χ0v) is 11.1. The molecule has 0 saturated heterocycles. The predicted octanol–water partition coefficient (Wildman–Crippen LogP) is 2.38. The number of nitrogens with zero attached hydrogens (tertiary/aromatic N) is 1. The van der Waals surface area contributed by atoms with Crippen LogP contribution < -0.4 is 4.74 Å².